The van der Waals surface area contributed by atoms with E-state index < -0.39 is 20.9 Å². The number of hydrogen-bond acceptors (Lipinski definition) is 5. The van der Waals surface area contributed by atoms with Crippen molar-refractivity contribution >= 4 is 10.0 Å². The minimum atomic E-state index is -3.91. The number of halogens is 1. The highest BCUT2D eigenvalue weighted by Crippen LogP contribution is 2.18. The van der Waals surface area contributed by atoms with Gasteiger partial charge >= 0.3 is 0 Å². The van der Waals surface area contributed by atoms with Gasteiger partial charge in [-0.25, -0.2) is 17.8 Å². The molecule has 2 rings (SSSR count). The summed E-state index contributed by atoms with van der Waals surface area (Å²) in [5.74, 6) is -0.847. The van der Waals surface area contributed by atoms with Crippen LogP contribution in [0, 0.1) is 17.1 Å². The standard InChI is InChI=1S/C12H15FN4O2S/c1-10(9-14)16-5-7-17(8-6-16)20(18,19)12-11(13)3-2-4-15-12/h2-4,10H,5-8H2,1H3. The maximum Gasteiger partial charge on any atom is 0.263 e. The minimum absolute atomic E-state index is 0.227. The second kappa shape index (κ2) is 5.83. The Morgan fingerprint density at radius 2 is 2.05 bits per heavy atom. The maximum absolute atomic E-state index is 13.6. The van der Waals surface area contributed by atoms with Gasteiger partial charge in [0.25, 0.3) is 10.0 Å². The summed E-state index contributed by atoms with van der Waals surface area (Å²) in [6.45, 7) is 3.11. The number of hydrogen-bond donors (Lipinski definition) is 0. The first kappa shape index (κ1) is 14.8. The molecule has 1 fully saturated rings. The smallest absolute Gasteiger partial charge is 0.263 e. The largest absolute Gasteiger partial charge is 0.286 e. The lowest BCUT2D eigenvalue weighted by Gasteiger charge is -2.34. The Kier molecular flexibility index (Phi) is 4.32. The van der Waals surface area contributed by atoms with Gasteiger partial charge < -0.3 is 0 Å². The highest BCUT2D eigenvalue weighted by molar-refractivity contribution is 7.89. The number of pyridine rings is 1. The van der Waals surface area contributed by atoms with Crippen molar-refractivity contribution in [2.45, 2.75) is 18.0 Å². The highest BCUT2D eigenvalue weighted by atomic mass is 32.2. The average Bonchev–Trinajstić information content (AvgIpc) is 2.47. The molecule has 108 valence electrons. The Bertz CT molecular complexity index is 621. The third-order valence-corrected chi connectivity index (χ3v) is 5.15. The number of sulfonamides is 1. The zero-order chi connectivity index (χ0) is 14.8. The fourth-order valence-corrected chi connectivity index (χ4v) is 3.49. The van der Waals surface area contributed by atoms with E-state index in [2.05, 4.69) is 11.1 Å². The summed E-state index contributed by atoms with van der Waals surface area (Å²) >= 11 is 0. The molecule has 1 atom stereocenters. The van der Waals surface area contributed by atoms with Crippen LogP contribution in [-0.4, -0.2) is 54.8 Å². The lowest BCUT2D eigenvalue weighted by Crippen LogP contribution is -2.51. The first-order valence-electron chi connectivity index (χ1n) is 6.21. The number of nitriles is 1. The van der Waals surface area contributed by atoms with Crippen LogP contribution in [0.15, 0.2) is 23.4 Å². The van der Waals surface area contributed by atoms with Crippen LogP contribution >= 0.6 is 0 Å². The predicted octanol–water partition coefficient (Wildman–Crippen LogP) is 0.439. The van der Waals surface area contributed by atoms with E-state index in [1.54, 1.807) is 6.92 Å². The molecule has 20 heavy (non-hydrogen) atoms. The van der Waals surface area contributed by atoms with E-state index in [-0.39, 0.29) is 19.1 Å². The maximum atomic E-state index is 13.6. The lowest BCUT2D eigenvalue weighted by molar-refractivity contribution is 0.169. The monoisotopic (exact) mass is 298 g/mol. The number of rotatable bonds is 3. The van der Waals surface area contributed by atoms with Gasteiger partial charge in [-0.1, -0.05) is 0 Å². The Morgan fingerprint density at radius 3 is 2.60 bits per heavy atom. The topological polar surface area (TPSA) is 77.3 Å². The van der Waals surface area contributed by atoms with E-state index in [1.165, 1.54) is 16.6 Å². The van der Waals surface area contributed by atoms with Crippen LogP contribution in [0.5, 0.6) is 0 Å². The molecule has 2 heterocycles. The molecule has 8 heteroatoms. The van der Waals surface area contributed by atoms with Crippen molar-refractivity contribution in [3.63, 3.8) is 0 Å². The molecule has 0 saturated carbocycles. The quantitative estimate of drug-likeness (QED) is 0.809. The van der Waals surface area contributed by atoms with Crippen molar-refractivity contribution in [1.29, 1.82) is 5.26 Å². The van der Waals surface area contributed by atoms with Gasteiger partial charge in [0.05, 0.1) is 12.1 Å². The van der Waals surface area contributed by atoms with Crippen LogP contribution in [0.3, 0.4) is 0 Å². The normalized spacial score (nSPS) is 19.4. The van der Waals surface area contributed by atoms with Gasteiger partial charge in [0.2, 0.25) is 5.03 Å². The summed E-state index contributed by atoms with van der Waals surface area (Å²) in [6.07, 6.45) is 1.25. The first-order valence-corrected chi connectivity index (χ1v) is 7.65. The molecule has 1 aromatic heterocycles. The minimum Gasteiger partial charge on any atom is -0.286 e. The number of nitrogens with zero attached hydrogens (tertiary/aromatic N) is 4. The van der Waals surface area contributed by atoms with Crippen LogP contribution in [0.25, 0.3) is 0 Å². The summed E-state index contributed by atoms with van der Waals surface area (Å²) in [7, 11) is -3.91. The Labute approximate surface area is 117 Å². The van der Waals surface area contributed by atoms with Gasteiger partial charge in [-0.2, -0.15) is 9.57 Å². The SMILES string of the molecule is CC(C#N)N1CCN(S(=O)(=O)c2ncccc2F)CC1. The van der Waals surface area contributed by atoms with Crippen LogP contribution in [0.4, 0.5) is 4.39 Å². The third kappa shape index (κ3) is 2.80. The second-order valence-corrected chi connectivity index (χ2v) is 6.39. The fraction of sp³-hybridized carbons (Fsp3) is 0.500. The van der Waals surface area contributed by atoms with E-state index in [9.17, 15) is 12.8 Å². The van der Waals surface area contributed by atoms with Gasteiger partial charge in [0.15, 0.2) is 5.82 Å². The van der Waals surface area contributed by atoms with Crippen LogP contribution < -0.4 is 0 Å². The van der Waals surface area contributed by atoms with Crippen molar-refractivity contribution in [2.75, 3.05) is 26.2 Å². The van der Waals surface area contributed by atoms with Crippen LogP contribution in [-0.2, 0) is 10.0 Å². The fourth-order valence-electron chi connectivity index (χ4n) is 2.10. The Hall–Kier alpha value is -1.56. The molecule has 1 aliphatic rings. The molecular formula is C12H15FN4O2S. The zero-order valence-electron chi connectivity index (χ0n) is 11.0. The summed E-state index contributed by atoms with van der Waals surface area (Å²) in [5, 5.41) is 8.30. The average molecular weight is 298 g/mol. The molecule has 6 nitrogen and oxygen atoms in total. The van der Waals surface area contributed by atoms with E-state index >= 15 is 0 Å². The molecule has 0 radical (unpaired) electrons. The molecular weight excluding hydrogens is 283 g/mol. The van der Waals surface area contributed by atoms with Crippen molar-refractivity contribution in [3.05, 3.63) is 24.1 Å². The lowest BCUT2D eigenvalue weighted by atomic mass is 10.2. The number of aromatic nitrogens is 1. The van der Waals surface area contributed by atoms with E-state index in [4.69, 9.17) is 5.26 Å². The summed E-state index contributed by atoms with van der Waals surface area (Å²) < 4.78 is 39.4. The molecule has 0 bridgehead atoms. The molecule has 0 aromatic carbocycles. The van der Waals surface area contributed by atoms with Crippen molar-refractivity contribution in [1.82, 2.24) is 14.2 Å². The second-order valence-electron chi connectivity index (χ2n) is 4.54. The van der Waals surface area contributed by atoms with E-state index in [1.807, 2.05) is 4.90 Å². The summed E-state index contributed by atoms with van der Waals surface area (Å²) in [6, 6.07) is 4.28. The van der Waals surface area contributed by atoms with Gasteiger partial charge in [-0.3, -0.25) is 4.90 Å². The number of piperazine rings is 1. The molecule has 0 N–H and O–H groups in total. The Morgan fingerprint density at radius 1 is 1.40 bits per heavy atom. The van der Waals surface area contributed by atoms with Crippen molar-refractivity contribution in [2.24, 2.45) is 0 Å². The molecule has 1 aromatic rings. The molecule has 0 spiro atoms. The van der Waals surface area contributed by atoms with Gasteiger partial charge in [0.1, 0.15) is 0 Å². The van der Waals surface area contributed by atoms with Crippen LogP contribution in [0.1, 0.15) is 6.92 Å². The van der Waals surface area contributed by atoms with Gasteiger partial charge in [-0.05, 0) is 19.1 Å². The van der Waals surface area contributed by atoms with Crippen LogP contribution in [0.2, 0.25) is 0 Å². The van der Waals surface area contributed by atoms with Crippen molar-refractivity contribution in [3.8, 4) is 6.07 Å². The molecule has 0 aliphatic carbocycles. The summed E-state index contributed by atoms with van der Waals surface area (Å²) in [4.78, 5) is 5.51. The summed E-state index contributed by atoms with van der Waals surface area (Å²) in [5.41, 5.74) is 0. The molecule has 1 saturated heterocycles. The first-order chi connectivity index (χ1) is 9.46. The molecule has 0 amide bonds. The van der Waals surface area contributed by atoms with E-state index in [0.29, 0.717) is 13.1 Å². The highest BCUT2D eigenvalue weighted by Gasteiger charge is 2.32. The zero-order valence-corrected chi connectivity index (χ0v) is 11.8. The van der Waals surface area contributed by atoms with Gasteiger partial charge in [-0.15, -0.1) is 0 Å². The van der Waals surface area contributed by atoms with Crippen molar-refractivity contribution < 1.29 is 12.8 Å². The van der Waals surface area contributed by atoms with Gasteiger partial charge in [0, 0.05) is 32.4 Å². The predicted molar refractivity (Wildman–Crippen MR) is 69.6 cm³/mol. The van der Waals surface area contributed by atoms with E-state index in [0.717, 1.165) is 6.07 Å². The molecule has 1 unspecified atom stereocenters. The Balaban J connectivity index is 2.15. The molecule has 1 aliphatic heterocycles. The third-order valence-electron chi connectivity index (χ3n) is 3.32.